The van der Waals surface area contributed by atoms with Crippen LogP contribution in [0.25, 0.3) is 0 Å². The molecule has 2 aromatic rings. The Morgan fingerprint density at radius 1 is 1.08 bits per heavy atom. The van der Waals surface area contributed by atoms with Gasteiger partial charge in [0.25, 0.3) is 0 Å². The molecule has 0 heterocycles. The molecule has 0 radical (unpaired) electrons. The molecule has 0 saturated carbocycles. The molecule has 0 aliphatic carbocycles. The van der Waals surface area contributed by atoms with Crippen LogP contribution in [0.3, 0.4) is 0 Å². The van der Waals surface area contributed by atoms with Crippen molar-refractivity contribution in [2.24, 2.45) is 0 Å². The molecule has 2 aromatic carbocycles. The predicted octanol–water partition coefficient (Wildman–Crippen LogP) is 4.98. The number of ketones is 1. The van der Waals surface area contributed by atoms with Crippen molar-refractivity contribution in [1.82, 2.24) is 0 Å². The zero-order chi connectivity index (χ0) is 18.2. The van der Waals surface area contributed by atoms with Crippen LogP contribution >= 0.6 is 23.2 Å². The fraction of sp³-hybridized carbons (Fsp3) is 0.211. The summed E-state index contributed by atoms with van der Waals surface area (Å²) in [6.07, 6.45) is 0.688. The minimum atomic E-state index is -0.796. The Bertz CT molecular complexity index is 801. The van der Waals surface area contributed by atoms with E-state index in [9.17, 15) is 14.9 Å². The number of amides is 1. The van der Waals surface area contributed by atoms with Crippen LogP contribution in [-0.2, 0) is 9.59 Å². The molecule has 128 valence electrons. The molecule has 0 fully saturated rings. The topological polar surface area (TPSA) is 70.0 Å². The highest BCUT2D eigenvalue weighted by molar-refractivity contribution is 6.36. The van der Waals surface area contributed by atoms with E-state index in [0.29, 0.717) is 27.7 Å². The molecule has 0 saturated heterocycles. The lowest BCUT2D eigenvalue weighted by molar-refractivity contribution is -0.119. The van der Waals surface area contributed by atoms with Crippen molar-refractivity contribution in [2.75, 3.05) is 5.32 Å². The van der Waals surface area contributed by atoms with Gasteiger partial charge < -0.3 is 5.32 Å². The zero-order valence-electron chi connectivity index (χ0n) is 13.3. The SMILES string of the molecule is N#C[C@H](C(=O)CCCC(=O)Nc1ccc(Cl)cc1Cl)c1ccccc1. The number of carbonyl (C=O) groups is 2. The molecular formula is C19H16Cl2N2O2. The first kappa shape index (κ1) is 19.0. The summed E-state index contributed by atoms with van der Waals surface area (Å²) in [5.74, 6) is -1.23. The van der Waals surface area contributed by atoms with Crippen LogP contribution in [0.15, 0.2) is 48.5 Å². The van der Waals surface area contributed by atoms with Crippen molar-refractivity contribution >= 4 is 40.6 Å². The number of Topliss-reactive ketones (excluding diaryl/α,β-unsaturated/α-hetero) is 1. The number of rotatable bonds is 7. The average molecular weight is 375 g/mol. The fourth-order valence-corrected chi connectivity index (χ4v) is 2.80. The Balaban J connectivity index is 1.84. The third-order valence-electron chi connectivity index (χ3n) is 3.62. The van der Waals surface area contributed by atoms with Crippen molar-refractivity contribution in [3.63, 3.8) is 0 Å². The van der Waals surface area contributed by atoms with E-state index in [4.69, 9.17) is 23.2 Å². The minimum Gasteiger partial charge on any atom is -0.325 e. The van der Waals surface area contributed by atoms with Crippen molar-refractivity contribution < 1.29 is 9.59 Å². The van der Waals surface area contributed by atoms with E-state index in [-0.39, 0.29) is 24.5 Å². The average Bonchev–Trinajstić information content (AvgIpc) is 2.59. The maximum atomic E-state index is 12.2. The second-order valence-corrected chi connectivity index (χ2v) is 6.31. The van der Waals surface area contributed by atoms with Gasteiger partial charge in [0, 0.05) is 17.9 Å². The first-order valence-corrected chi connectivity index (χ1v) is 8.49. The maximum Gasteiger partial charge on any atom is 0.224 e. The van der Waals surface area contributed by atoms with Gasteiger partial charge in [0.1, 0.15) is 5.92 Å². The number of nitriles is 1. The fourth-order valence-electron chi connectivity index (χ4n) is 2.35. The minimum absolute atomic E-state index is 0.162. The van der Waals surface area contributed by atoms with Gasteiger partial charge in [-0.1, -0.05) is 53.5 Å². The van der Waals surface area contributed by atoms with Crippen LogP contribution in [0.5, 0.6) is 0 Å². The Labute approximate surface area is 156 Å². The van der Waals surface area contributed by atoms with Crippen LogP contribution in [0.4, 0.5) is 5.69 Å². The summed E-state index contributed by atoms with van der Waals surface area (Å²) in [5.41, 5.74) is 1.15. The largest absolute Gasteiger partial charge is 0.325 e. The van der Waals surface area contributed by atoms with Gasteiger partial charge in [-0.05, 0) is 30.2 Å². The van der Waals surface area contributed by atoms with E-state index in [1.54, 1.807) is 42.5 Å². The summed E-state index contributed by atoms with van der Waals surface area (Å²) in [6.45, 7) is 0. The van der Waals surface area contributed by atoms with E-state index in [0.717, 1.165) is 0 Å². The second-order valence-electron chi connectivity index (χ2n) is 5.47. The molecule has 0 unspecified atom stereocenters. The van der Waals surface area contributed by atoms with Gasteiger partial charge in [-0.2, -0.15) is 5.26 Å². The number of hydrogen-bond donors (Lipinski definition) is 1. The summed E-state index contributed by atoms with van der Waals surface area (Å²) in [4.78, 5) is 24.2. The molecule has 0 aliphatic rings. The molecule has 2 rings (SSSR count). The third kappa shape index (κ3) is 5.60. The van der Waals surface area contributed by atoms with Crippen molar-refractivity contribution in [1.29, 1.82) is 5.26 Å². The highest BCUT2D eigenvalue weighted by Gasteiger charge is 2.19. The van der Waals surface area contributed by atoms with Gasteiger partial charge in [-0.25, -0.2) is 0 Å². The number of nitrogens with zero attached hydrogens (tertiary/aromatic N) is 1. The molecular weight excluding hydrogens is 359 g/mol. The first-order valence-electron chi connectivity index (χ1n) is 7.73. The standard InChI is InChI=1S/C19H16Cl2N2O2/c20-14-9-10-17(16(21)11-14)23-19(25)8-4-7-18(24)15(12-22)13-5-2-1-3-6-13/h1-3,5-6,9-11,15H,4,7-8H2,(H,23,25)/t15-/m0/s1. The summed E-state index contributed by atoms with van der Waals surface area (Å²) < 4.78 is 0. The molecule has 0 bridgehead atoms. The summed E-state index contributed by atoms with van der Waals surface area (Å²) in [5, 5.41) is 12.7. The second kappa shape index (κ2) is 9.22. The number of hydrogen-bond acceptors (Lipinski definition) is 3. The number of nitrogens with one attached hydrogen (secondary N) is 1. The molecule has 1 N–H and O–H groups in total. The van der Waals surface area contributed by atoms with E-state index >= 15 is 0 Å². The lowest BCUT2D eigenvalue weighted by Crippen LogP contribution is -2.14. The van der Waals surface area contributed by atoms with Crippen molar-refractivity contribution in [3.8, 4) is 6.07 Å². The predicted molar refractivity (Wildman–Crippen MR) is 98.7 cm³/mol. The quantitative estimate of drug-likeness (QED) is 0.742. The summed E-state index contributed by atoms with van der Waals surface area (Å²) >= 11 is 11.8. The van der Waals surface area contributed by atoms with Crippen LogP contribution in [-0.4, -0.2) is 11.7 Å². The van der Waals surface area contributed by atoms with Crippen LogP contribution < -0.4 is 5.32 Å². The lowest BCUT2D eigenvalue weighted by Gasteiger charge is -2.09. The van der Waals surface area contributed by atoms with Gasteiger partial charge in [0.05, 0.1) is 16.8 Å². The van der Waals surface area contributed by atoms with Gasteiger partial charge in [-0.15, -0.1) is 0 Å². The monoisotopic (exact) mass is 374 g/mol. The summed E-state index contributed by atoms with van der Waals surface area (Å²) in [7, 11) is 0. The van der Waals surface area contributed by atoms with Gasteiger partial charge in [-0.3, -0.25) is 9.59 Å². The first-order chi connectivity index (χ1) is 12.0. The number of halogens is 2. The van der Waals surface area contributed by atoms with Gasteiger partial charge >= 0.3 is 0 Å². The van der Waals surface area contributed by atoms with E-state index in [2.05, 4.69) is 5.32 Å². The Kier molecular flexibility index (Phi) is 7.00. The number of anilines is 1. The van der Waals surface area contributed by atoms with Crippen molar-refractivity contribution in [3.05, 3.63) is 64.1 Å². The molecule has 0 aliphatic heterocycles. The summed E-state index contributed by atoms with van der Waals surface area (Å²) in [6, 6.07) is 15.7. The van der Waals surface area contributed by atoms with Crippen LogP contribution in [0, 0.1) is 11.3 Å². The normalized spacial score (nSPS) is 11.4. The van der Waals surface area contributed by atoms with E-state index < -0.39 is 5.92 Å². The Morgan fingerprint density at radius 2 is 1.80 bits per heavy atom. The molecule has 0 aromatic heterocycles. The van der Waals surface area contributed by atoms with E-state index in [1.807, 2.05) is 12.1 Å². The molecule has 4 nitrogen and oxygen atoms in total. The van der Waals surface area contributed by atoms with Gasteiger partial charge in [0.2, 0.25) is 5.91 Å². The molecule has 0 spiro atoms. The molecule has 1 atom stereocenters. The molecule has 1 amide bonds. The lowest BCUT2D eigenvalue weighted by atomic mass is 9.93. The van der Waals surface area contributed by atoms with Gasteiger partial charge in [0.15, 0.2) is 5.78 Å². The van der Waals surface area contributed by atoms with Crippen LogP contribution in [0.1, 0.15) is 30.7 Å². The molecule has 6 heteroatoms. The highest BCUT2D eigenvalue weighted by Crippen LogP contribution is 2.25. The highest BCUT2D eigenvalue weighted by atomic mass is 35.5. The Hall–Kier alpha value is -2.35. The van der Waals surface area contributed by atoms with Crippen molar-refractivity contribution in [2.45, 2.75) is 25.2 Å². The van der Waals surface area contributed by atoms with E-state index in [1.165, 1.54) is 0 Å². The number of carbonyl (C=O) groups excluding carboxylic acids is 2. The van der Waals surface area contributed by atoms with Crippen LogP contribution in [0.2, 0.25) is 10.0 Å². The third-order valence-corrected chi connectivity index (χ3v) is 4.16. The Morgan fingerprint density at radius 3 is 2.44 bits per heavy atom. The number of benzene rings is 2. The maximum absolute atomic E-state index is 12.2. The molecule has 25 heavy (non-hydrogen) atoms. The smallest absolute Gasteiger partial charge is 0.224 e. The zero-order valence-corrected chi connectivity index (χ0v) is 14.8.